The van der Waals surface area contributed by atoms with Crippen LogP contribution in [0.1, 0.15) is 56.8 Å². The standard InChI is InChI=1S/C13H22N4S/c1-8(2)11-15-12(17-14)9(3)13(16-11)18-10-6-4-5-7-10/h8,10H,4-7,14H2,1-3H3,(H,15,16,17). The van der Waals surface area contributed by atoms with E-state index in [0.717, 1.165) is 22.2 Å². The highest BCUT2D eigenvalue weighted by Crippen LogP contribution is 2.36. The highest BCUT2D eigenvalue weighted by molar-refractivity contribution is 7.99. The Hall–Kier alpha value is -0.810. The van der Waals surface area contributed by atoms with Gasteiger partial charge >= 0.3 is 0 Å². The van der Waals surface area contributed by atoms with Gasteiger partial charge in [0, 0.05) is 16.7 Å². The summed E-state index contributed by atoms with van der Waals surface area (Å²) in [5.74, 6) is 7.50. The van der Waals surface area contributed by atoms with Gasteiger partial charge in [0.25, 0.3) is 0 Å². The maximum atomic E-state index is 5.55. The maximum Gasteiger partial charge on any atom is 0.147 e. The van der Waals surface area contributed by atoms with Crippen molar-refractivity contribution in [2.24, 2.45) is 5.84 Å². The van der Waals surface area contributed by atoms with Crippen LogP contribution in [-0.4, -0.2) is 15.2 Å². The quantitative estimate of drug-likeness (QED) is 0.497. The molecule has 2 rings (SSSR count). The molecule has 1 aromatic rings. The fraction of sp³-hybridized carbons (Fsp3) is 0.692. The second kappa shape index (κ2) is 5.89. The van der Waals surface area contributed by atoms with Crippen LogP contribution in [0.5, 0.6) is 0 Å². The molecule has 3 N–H and O–H groups in total. The molecule has 1 fully saturated rings. The van der Waals surface area contributed by atoms with Gasteiger partial charge < -0.3 is 5.43 Å². The van der Waals surface area contributed by atoms with E-state index in [4.69, 9.17) is 10.8 Å². The molecule has 0 spiro atoms. The van der Waals surface area contributed by atoms with Gasteiger partial charge in [0.15, 0.2) is 0 Å². The number of nitrogens with one attached hydrogen (secondary N) is 1. The first-order valence-corrected chi connectivity index (χ1v) is 7.51. The van der Waals surface area contributed by atoms with Crippen molar-refractivity contribution in [1.29, 1.82) is 0 Å². The van der Waals surface area contributed by atoms with E-state index < -0.39 is 0 Å². The molecule has 0 aromatic carbocycles. The minimum absolute atomic E-state index is 0.320. The van der Waals surface area contributed by atoms with Crippen LogP contribution in [0.25, 0.3) is 0 Å². The Morgan fingerprint density at radius 2 is 1.94 bits per heavy atom. The van der Waals surface area contributed by atoms with Crippen molar-refractivity contribution in [1.82, 2.24) is 9.97 Å². The molecule has 1 heterocycles. The van der Waals surface area contributed by atoms with E-state index in [2.05, 4.69) is 24.3 Å². The normalized spacial score (nSPS) is 16.5. The lowest BCUT2D eigenvalue weighted by molar-refractivity contribution is 0.747. The molecule has 5 heteroatoms. The molecule has 1 aliphatic rings. The molecule has 0 unspecified atom stereocenters. The molecule has 0 atom stereocenters. The molecule has 0 aliphatic heterocycles. The molecule has 1 saturated carbocycles. The van der Waals surface area contributed by atoms with E-state index in [-0.39, 0.29) is 0 Å². The molecule has 0 radical (unpaired) electrons. The van der Waals surface area contributed by atoms with Gasteiger partial charge in [-0.25, -0.2) is 15.8 Å². The molecule has 18 heavy (non-hydrogen) atoms. The zero-order valence-corrected chi connectivity index (χ0v) is 12.2. The van der Waals surface area contributed by atoms with E-state index in [1.165, 1.54) is 25.7 Å². The summed E-state index contributed by atoms with van der Waals surface area (Å²) in [6, 6.07) is 0. The number of thioether (sulfide) groups is 1. The SMILES string of the molecule is Cc1c(NN)nc(C(C)C)nc1SC1CCCC1. The van der Waals surface area contributed by atoms with Gasteiger partial charge in [-0.3, -0.25) is 0 Å². The number of hydrazine groups is 1. The Morgan fingerprint density at radius 1 is 1.28 bits per heavy atom. The van der Waals surface area contributed by atoms with Crippen LogP contribution in [0.2, 0.25) is 0 Å². The molecule has 0 amide bonds. The topological polar surface area (TPSA) is 63.8 Å². The van der Waals surface area contributed by atoms with Gasteiger partial charge in [-0.05, 0) is 19.8 Å². The highest BCUT2D eigenvalue weighted by Gasteiger charge is 2.20. The minimum atomic E-state index is 0.320. The summed E-state index contributed by atoms with van der Waals surface area (Å²) < 4.78 is 0. The summed E-state index contributed by atoms with van der Waals surface area (Å²) in [6.07, 6.45) is 5.30. The number of aromatic nitrogens is 2. The average Bonchev–Trinajstić information content (AvgIpc) is 2.84. The third kappa shape index (κ3) is 2.95. The molecule has 1 aliphatic carbocycles. The summed E-state index contributed by atoms with van der Waals surface area (Å²) in [4.78, 5) is 9.17. The first kappa shape index (κ1) is 13.6. The van der Waals surface area contributed by atoms with E-state index in [9.17, 15) is 0 Å². The molecule has 0 bridgehead atoms. The Bertz CT molecular complexity index is 414. The second-order valence-corrected chi connectivity index (χ2v) is 6.47. The van der Waals surface area contributed by atoms with Crippen LogP contribution in [0.3, 0.4) is 0 Å². The van der Waals surface area contributed by atoms with Gasteiger partial charge in [0.05, 0.1) is 0 Å². The van der Waals surface area contributed by atoms with Crippen molar-refractivity contribution < 1.29 is 0 Å². The number of hydrogen-bond acceptors (Lipinski definition) is 5. The van der Waals surface area contributed by atoms with Crippen molar-refractivity contribution in [3.63, 3.8) is 0 Å². The number of nitrogens with two attached hydrogens (primary N) is 1. The zero-order valence-electron chi connectivity index (χ0n) is 11.4. The first-order valence-electron chi connectivity index (χ1n) is 6.63. The van der Waals surface area contributed by atoms with Crippen molar-refractivity contribution >= 4 is 17.6 Å². The highest BCUT2D eigenvalue weighted by atomic mass is 32.2. The Kier molecular flexibility index (Phi) is 4.45. The number of nitrogens with zero attached hydrogens (tertiary/aromatic N) is 2. The average molecular weight is 266 g/mol. The van der Waals surface area contributed by atoms with Crippen LogP contribution in [0, 0.1) is 6.92 Å². The van der Waals surface area contributed by atoms with E-state index >= 15 is 0 Å². The minimum Gasteiger partial charge on any atom is -0.308 e. The number of anilines is 1. The van der Waals surface area contributed by atoms with Crippen molar-refractivity contribution in [2.75, 3.05) is 5.43 Å². The number of rotatable bonds is 4. The van der Waals surface area contributed by atoms with Crippen LogP contribution >= 0.6 is 11.8 Å². The van der Waals surface area contributed by atoms with Crippen molar-refractivity contribution in [3.8, 4) is 0 Å². The lowest BCUT2D eigenvalue weighted by Crippen LogP contribution is -2.14. The third-order valence-corrected chi connectivity index (χ3v) is 4.78. The van der Waals surface area contributed by atoms with Crippen LogP contribution in [-0.2, 0) is 0 Å². The molecular formula is C13H22N4S. The van der Waals surface area contributed by atoms with Crippen LogP contribution in [0.4, 0.5) is 5.82 Å². The molecular weight excluding hydrogens is 244 g/mol. The fourth-order valence-corrected chi connectivity index (χ4v) is 3.49. The summed E-state index contributed by atoms with van der Waals surface area (Å²) >= 11 is 1.89. The summed E-state index contributed by atoms with van der Waals surface area (Å²) in [5, 5.41) is 1.80. The van der Waals surface area contributed by atoms with E-state index in [0.29, 0.717) is 11.2 Å². The molecule has 1 aromatic heterocycles. The summed E-state index contributed by atoms with van der Waals surface area (Å²) in [6.45, 7) is 6.25. The van der Waals surface area contributed by atoms with Crippen molar-refractivity contribution in [3.05, 3.63) is 11.4 Å². The lowest BCUT2D eigenvalue weighted by Gasteiger charge is -2.15. The van der Waals surface area contributed by atoms with Gasteiger partial charge in [0.1, 0.15) is 16.7 Å². The van der Waals surface area contributed by atoms with Gasteiger partial charge in [-0.2, -0.15) is 0 Å². The Balaban J connectivity index is 2.28. The second-order valence-electron chi connectivity index (χ2n) is 5.18. The monoisotopic (exact) mass is 266 g/mol. The summed E-state index contributed by atoms with van der Waals surface area (Å²) in [7, 11) is 0. The Morgan fingerprint density at radius 3 is 2.50 bits per heavy atom. The third-order valence-electron chi connectivity index (χ3n) is 3.35. The van der Waals surface area contributed by atoms with E-state index in [1.54, 1.807) is 0 Å². The maximum absolute atomic E-state index is 5.55. The van der Waals surface area contributed by atoms with Gasteiger partial charge in [-0.1, -0.05) is 26.7 Å². The predicted molar refractivity (Wildman–Crippen MR) is 76.8 cm³/mol. The molecule has 100 valence electrons. The lowest BCUT2D eigenvalue weighted by atomic mass is 10.2. The zero-order chi connectivity index (χ0) is 13.1. The van der Waals surface area contributed by atoms with Crippen LogP contribution in [0.15, 0.2) is 5.03 Å². The Labute approximate surface area is 113 Å². The van der Waals surface area contributed by atoms with Gasteiger partial charge in [-0.15, -0.1) is 11.8 Å². The van der Waals surface area contributed by atoms with Crippen LogP contribution < -0.4 is 11.3 Å². The molecule has 0 saturated heterocycles. The predicted octanol–water partition coefficient (Wildman–Crippen LogP) is 3.23. The largest absolute Gasteiger partial charge is 0.308 e. The number of hydrogen-bond donors (Lipinski definition) is 2. The number of nitrogen functional groups attached to an aromatic ring is 1. The fourth-order valence-electron chi connectivity index (χ4n) is 2.19. The first-order chi connectivity index (χ1) is 8.61. The van der Waals surface area contributed by atoms with Gasteiger partial charge in [0.2, 0.25) is 0 Å². The smallest absolute Gasteiger partial charge is 0.147 e. The van der Waals surface area contributed by atoms with E-state index in [1.807, 2.05) is 18.7 Å². The van der Waals surface area contributed by atoms with Crippen molar-refractivity contribution in [2.45, 2.75) is 62.6 Å². The summed E-state index contributed by atoms with van der Waals surface area (Å²) in [5.41, 5.74) is 3.76. The molecule has 4 nitrogen and oxygen atoms in total.